The molecule has 0 saturated carbocycles. The van der Waals surface area contributed by atoms with E-state index in [1.807, 2.05) is 6.07 Å². The van der Waals surface area contributed by atoms with Gasteiger partial charge in [0.2, 0.25) is 0 Å². The van der Waals surface area contributed by atoms with Crippen molar-refractivity contribution in [2.75, 3.05) is 0 Å². The van der Waals surface area contributed by atoms with Crippen molar-refractivity contribution < 1.29 is 14.0 Å². The summed E-state index contributed by atoms with van der Waals surface area (Å²) in [7, 11) is -3.84. The third-order valence-electron chi connectivity index (χ3n) is 2.92. The lowest BCUT2D eigenvalue weighted by molar-refractivity contribution is 0.390. The molecular weight excluding hydrogens is 318 g/mol. The predicted octanol–water partition coefficient (Wildman–Crippen LogP) is 4.96. The van der Waals surface area contributed by atoms with Gasteiger partial charge in [-0.2, -0.15) is 0 Å². The van der Waals surface area contributed by atoms with Gasteiger partial charge in [0.05, 0.1) is 0 Å². The maximum Gasteiger partial charge on any atom is 0.401 e. The highest BCUT2D eigenvalue weighted by Crippen LogP contribution is 2.54. The van der Waals surface area contributed by atoms with Crippen LogP contribution in [0.4, 0.5) is 0 Å². The first-order valence-electron chi connectivity index (χ1n) is 5.76. The zero-order valence-corrected chi connectivity index (χ0v) is 12.5. The fourth-order valence-electron chi connectivity index (χ4n) is 2.09. The lowest BCUT2D eigenvalue weighted by Gasteiger charge is -2.22. The molecule has 2 aromatic rings. The van der Waals surface area contributed by atoms with Gasteiger partial charge >= 0.3 is 7.60 Å². The van der Waals surface area contributed by atoms with Gasteiger partial charge in [-0.05, 0) is 24.3 Å². The Kier molecular flexibility index (Phi) is 3.39. The summed E-state index contributed by atoms with van der Waals surface area (Å²) in [6.45, 7) is 0. The van der Waals surface area contributed by atoms with Gasteiger partial charge in [-0.1, -0.05) is 41.4 Å². The summed E-state index contributed by atoms with van der Waals surface area (Å²) in [6, 6.07) is 12.0. The van der Waals surface area contributed by atoms with Gasteiger partial charge in [0.1, 0.15) is 5.75 Å². The lowest BCUT2D eigenvalue weighted by Crippen LogP contribution is -2.02. The van der Waals surface area contributed by atoms with E-state index < -0.39 is 7.60 Å². The average molecular weight is 327 g/mol. The van der Waals surface area contributed by atoms with Crippen molar-refractivity contribution in [3.8, 4) is 5.75 Å². The highest BCUT2D eigenvalue weighted by Gasteiger charge is 2.29. The van der Waals surface area contributed by atoms with Crippen molar-refractivity contribution in [1.29, 1.82) is 0 Å². The van der Waals surface area contributed by atoms with Crippen LogP contribution < -0.4 is 4.52 Å². The van der Waals surface area contributed by atoms with Crippen molar-refractivity contribution in [2.45, 2.75) is 0 Å². The van der Waals surface area contributed by atoms with Crippen molar-refractivity contribution in [2.24, 2.45) is 0 Å². The molecule has 0 amide bonds. The van der Waals surface area contributed by atoms with Crippen molar-refractivity contribution >= 4 is 36.4 Å². The molecule has 0 aromatic heterocycles. The molecule has 0 saturated heterocycles. The zero-order chi connectivity index (χ0) is 14.3. The minimum Gasteiger partial charge on any atom is -0.421 e. The predicted molar refractivity (Wildman–Crippen MR) is 80.4 cm³/mol. The smallest absolute Gasteiger partial charge is 0.401 e. The van der Waals surface area contributed by atoms with E-state index in [4.69, 9.17) is 27.7 Å². The topological polar surface area (TPSA) is 46.5 Å². The monoisotopic (exact) mass is 326 g/mol. The Balaban J connectivity index is 2.28. The second kappa shape index (κ2) is 4.94. The van der Waals surface area contributed by atoms with Crippen LogP contribution in [0.15, 0.2) is 48.3 Å². The number of hydrogen-bond acceptors (Lipinski definition) is 2. The van der Waals surface area contributed by atoms with Gasteiger partial charge < -0.3 is 9.42 Å². The Hall–Kier alpha value is -1.25. The molecule has 1 atom stereocenters. The van der Waals surface area contributed by atoms with E-state index in [0.717, 1.165) is 0 Å². The molecule has 3 nitrogen and oxygen atoms in total. The highest BCUT2D eigenvalue weighted by atomic mass is 35.5. The van der Waals surface area contributed by atoms with Crippen LogP contribution in [0.1, 0.15) is 11.1 Å². The van der Waals surface area contributed by atoms with Crippen LogP contribution in [0.3, 0.4) is 0 Å². The summed E-state index contributed by atoms with van der Waals surface area (Å²) >= 11 is 12.2. The Bertz CT molecular complexity index is 771. The minimum absolute atomic E-state index is 0.317. The SMILES string of the molecule is O=P1(O)C=C(c2ccccc2Cl)c2cc(Cl)ccc2O1. The lowest BCUT2D eigenvalue weighted by atomic mass is 9.98. The summed E-state index contributed by atoms with van der Waals surface area (Å²) < 4.78 is 17.1. The van der Waals surface area contributed by atoms with E-state index in [2.05, 4.69) is 0 Å². The molecule has 0 aliphatic carbocycles. The van der Waals surface area contributed by atoms with E-state index in [9.17, 15) is 9.46 Å². The van der Waals surface area contributed by atoms with Crippen LogP contribution in [-0.2, 0) is 4.57 Å². The zero-order valence-electron chi connectivity index (χ0n) is 10.1. The van der Waals surface area contributed by atoms with Crippen LogP contribution in [-0.4, -0.2) is 4.89 Å². The highest BCUT2D eigenvalue weighted by molar-refractivity contribution is 7.57. The molecule has 3 rings (SSSR count). The molecule has 1 N–H and O–H groups in total. The normalized spacial score (nSPS) is 20.9. The Labute approximate surface area is 126 Å². The number of benzene rings is 2. The molecule has 1 aliphatic heterocycles. The molecule has 6 heteroatoms. The summed E-state index contributed by atoms with van der Waals surface area (Å²) in [5.41, 5.74) is 1.85. The van der Waals surface area contributed by atoms with E-state index in [1.54, 1.807) is 36.4 Å². The van der Waals surface area contributed by atoms with E-state index in [1.165, 1.54) is 5.82 Å². The minimum atomic E-state index is -3.84. The first-order valence-corrected chi connectivity index (χ1v) is 8.16. The number of rotatable bonds is 1. The molecule has 20 heavy (non-hydrogen) atoms. The van der Waals surface area contributed by atoms with Crippen LogP contribution in [0.5, 0.6) is 5.75 Å². The van der Waals surface area contributed by atoms with Gasteiger partial charge in [0.25, 0.3) is 0 Å². The van der Waals surface area contributed by atoms with Gasteiger partial charge in [-0.15, -0.1) is 0 Å². The van der Waals surface area contributed by atoms with Gasteiger partial charge in [0.15, 0.2) is 0 Å². The fraction of sp³-hybridized carbons (Fsp3) is 0. The summed E-state index contributed by atoms with van der Waals surface area (Å²) in [6.07, 6.45) is 0. The summed E-state index contributed by atoms with van der Waals surface area (Å²) in [5, 5.41) is 1.01. The van der Waals surface area contributed by atoms with Crippen LogP contribution in [0, 0.1) is 0 Å². The molecule has 0 radical (unpaired) electrons. The maximum atomic E-state index is 12.0. The molecule has 1 aliphatic rings. The van der Waals surface area contributed by atoms with Crippen molar-refractivity contribution in [3.63, 3.8) is 0 Å². The molecule has 1 unspecified atom stereocenters. The molecule has 2 aromatic carbocycles. The van der Waals surface area contributed by atoms with E-state index in [0.29, 0.717) is 32.5 Å². The second-order valence-corrected chi connectivity index (χ2v) is 6.73. The Morgan fingerprint density at radius 3 is 2.55 bits per heavy atom. The first-order chi connectivity index (χ1) is 9.46. The summed E-state index contributed by atoms with van der Waals surface area (Å²) in [4.78, 5) is 9.79. The first kappa shape index (κ1) is 13.7. The molecule has 0 spiro atoms. The van der Waals surface area contributed by atoms with E-state index in [-0.39, 0.29) is 0 Å². The second-order valence-electron chi connectivity index (χ2n) is 4.32. The largest absolute Gasteiger partial charge is 0.421 e. The van der Waals surface area contributed by atoms with E-state index >= 15 is 0 Å². The standard InChI is InChI=1S/C14H9Cl2O3P/c15-9-5-6-14-11(7-9)12(8-20(17,18)19-14)10-3-1-2-4-13(10)16/h1-8H,(H,17,18). The third-order valence-corrected chi connectivity index (χ3v) is 4.52. The van der Waals surface area contributed by atoms with Gasteiger partial charge in [-0.3, -0.25) is 0 Å². The van der Waals surface area contributed by atoms with Crippen LogP contribution in [0.25, 0.3) is 5.57 Å². The molecule has 1 heterocycles. The molecule has 102 valence electrons. The van der Waals surface area contributed by atoms with Gasteiger partial charge in [-0.25, -0.2) is 4.57 Å². The van der Waals surface area contributed by atoms with Crippen LogP contribution >= 0.6 is 30.8 Å². The van der Waals surface area contributed by atoms with Crippen molar-refractivity contribution in [1.82, 2.24) is 0 Å². The molecule has 0 fully saturated rings. The summed E-state index contributed by atoms with van der Waals surface area (Å²) in [5.74, 6) is 1.52. The Morgan fingerprint density at radius 2 is 1.80 bits per heavy atom. The Morgan fingerprint density at radius 1 is 1.05 bits per heavy atom. The molecule has 0 bridgehead atoms. The quantitative estimate of drug-likeness (QED) is 0.753. The van der Waals surface area contributed by atoms with Crippen molar-refractivity contribution in [3.05, 3.63) is 69.5 Å². The maximum absolute atomic E-state index is 12.0. The number of halogens is 2. The number of fused-ring (bicyclic) bond motifs is 1. The number of hydrogen-bond donors (Lipinski definition) is 1. The third kappa shape index (κ3) is 2.50. The fourth-order valence-corrected chi connectivity index (χ4v) is 3.59. The average Bonchev–Trinajstić information content (AvgIpc) is 2.38. The van der Waals surface area contributed by atoms with Gasteiger partial charge in [0, 0.05) is 32.6 Å². The van der Waals surface area contributed by atoms with Crippen LogP contribution in [0.2, 0.25) is 10.0 Å². The molecular formula is C14H9Cl2O3P.